The van der Waals surface area contributed by atoms with Crippen molar-refractivity contribution >= 4 is 5.97 Å². The van der Waals surface area contributed by atoms with Crippen LogP contribution in [0, 0.1) is 5.41 Å². The van der Waals surface area contributed by atoms with Crippen molar-refractivity contribution in [2.75, 3.05) is 14.2 Å². The molecule has 5 nitrogen and oxygen atoms in total. The summed E-state index contributed by atoms with van der Waals surface area (Å²) in [5.74, 6) is 0.164. The van der Waals surface area contributed by atoms with Crippen LogP contribution in [0.4, 0.5) is 0 Å². The third kappa shape index (κ3) is 2.74. The number of hydrogen-bond donors (Lipinski definition) is 1. The van der Waals surface area contributed by atoms with Gasteiger partial charge in [-0.1, -0.05) is 6.07 Å². The predicted octanol–water partition coefficient (Wildman–Crippen LogP) is 1.29. The molecule has 5 heteroatoms. The van der Waals surface area contributed by atoms with Gasteiger partial charge in [0.2, 0.25) is 5.88 Å². The molecule has 0 aliphatic rings. The van der Waals surface area contributed by atoms with E-state index in [0.717, 1.165) is 5.56 Å². The monoisotopic (exact) mass is 238 g/mol. The molecule has 2 N–H and O–H groups in total. The minimum Gasteiger partial charge on any atom is -0.481 e. The van der Waals surface area contributed by atoms with E-state index in [1.807, 2.05) is 0 Å². The van der Waals surface area contributed by atoms with Gasteiger partial charge in [0.1, 0.15) is 0 Å². The molecule has 0 spiro atoms. The molecule has 0 saturated heterocycles. The second kappa shape index (κ2) is 5.14. The summed E-state index contributed by atoms with van der Waals surface area (Å²) in [6.45, 7) is 3.49. The number of nitrogens with two attached hydrogens (primary N) is 1. The molecule has 0 aliphatic heterocycles. The summed E-state index contributed by atoms with van der Waals surface area (Å²) in [5.41, 5.74) is 6.02. The van der Waals surface area contributed by atoms with Gasteiger partial charge in [-0.25, -0.2) is 4.98 Å². The van der Waals surface area contributed by atoms with Gasteiger partial charge in [-0.15, -0.1) is 0 Å². The number of methoxy groups -OCH3 is 2. The summed E-state index contributed by atoms with van der Waals surface area (Å²) >= 11 is 0. The van der Waals surface area contributed by atoms with Gasteiger partial charge in [-0.2, -0.15) is 0 Å². The maximum absolute atomic E-state index is 11.6. The number of pyridine rings is 1. The van der Waals surface area contributed by atoms with E-state index in [1.54, 1.807) is 39.3 Å². The first-order chi connectivity index (χ1) is 7.93. The Labute approximate surface area is 101 Å². The maximum Gasteiger partial charge on any atom is 0.313 e. The van der Waals surface area contributed by atoms with Crippen molar-refractivity contribution in [2.45, 2.75) is 19.9 Å². The SMILES string of the molecule is COC(=O)C(C)(C)C(N)c1ccc(OC)nc1. The Bertz CT molecular complexity index is 387. The Kier molecular flexibility index (Phi) is 4.07. The molecule has 0 aliphatic carbocycles. The molecule has 17 heavy (non-hydrogen) atoms. The van der Waals surface area contributed by atoms with Crippen molar-refractivity contribution in [3.63, 3.8) is 0 Å². The molecule has 0 aromatic carbocycles. The van der Waals surface area contributed by atoms with Gasteiger partial charge in [-0.3, -0.25) is 4.79 Å². The number of esters is 1. The second-order valence-corrected chi connectivity index (χ2v) is 4.32. The fourth-order valence-electron chi connectivity index (χ4n) is 1.50. The van der Waals surface area contributed by atoms with Crippen LogP contribution in [0.1, 0.15) is 25.5 Å². The summed E-state index contributed by atoms with van der Waals surface area (Å²) < 4.78 is 9.70. The van der Waals surface area contributed by atoms with Gasteiger partial charge in [0.25, 0.3) is 0 Å². The van der Waals surface area contributed by atoms with Crippen LogP contribution in [0.25, 0.3) is 0 Å². The highest BCUT2D eigenvalue weighted by Crippen LogP contribution is 2.32. The van der Waals surface area contributed by atoms with Crippen LogP contribution in [0.5, 0.6) is 5.88 Å². The Morgan fingerprint density at radius 1 is 1.41 bits per heavy atom. The molecule has 1 unspecified atom stereocenters. The standard InChI is InChI=1S/C12H18N2O3/c1-12(2,11(15)17-4)10(13)8-5-6-9(16-3)14-7-8/h5-7,10H,13H2,1-4H3. The van der Waals surface area contributed by atoms with Crippen LogP contribution in [0.2, 0.25) is 0 Å². The van der Waals surface area contributed by atoms with E-state index in [2.05, 4.69) is 4.98 Å². The number of rotatable bonds is 4. The highest BCUT2D eigenvalue weighted by atomic mass is 16.5. The fourth-order valence-corrected chi connectivity index (χ4v) is 1.50. The number of carbonyl (C=O) groups excluding carboxylic acids is 1. The van der Waals surface area contributed by atoms with Crippen LogP contribution in [-0.4, -0.2) is 25.2 Å². The zero-order chi connectivity index (χ0) is 13.1. The lowest BCUT2D eigenvalue weighted by molar-refractivity contribution is -0.152. The zero-order valence-corrected chi connectivity index (χ0v) is 10.6. The average molecular weight is 238 g/mol. The van der Waals surface area contributed by atoms with E-state index in [9.17, 15) is 4.79 Å². The Morgan fingerprint density at radius 2 is 2.06 bits per heavy atom. The molecule has 1 heterocycles. The van der Waals surface area contributed by atoms with Gasteiger partial charge in [0.15, 0.2) is 0 Å². The number of aromatic nitrogens is 1. The molecule has 0 saturated carbocycles. The first-order valence-electron chi connectivity index (χ1n) is 5.27. The summed E-state index contributed by atoms with van der Waals surface area (Å²) in [7, 11) is 2.89. The first kappa shape index (κ1) is 13.4. The molecular formula is C12H18N2O3. The Morgan fingerprint density at radius 3 is 2.47 bits per heavy atom. The number of carbonyl (C=O) groups is 1. The Balaban J connectivity index is 2.95. The van der Waals surface area contributed by atoms with E-state index >= 15 is 0 Å². The van der Waals surface area contributed by atoms with Crippen molar-refractivity contribution < 1.29 is 14.3 Å². The summed E-state index contributed by atoms with van der Waals surface area (Å²) in [4.78, 5) is 15.7. The van der Waals surface area contributed by atoms with Crippen LogP contribution in [-0.2, 0) is 9.53 Å². The number of hydrogen-bond acceptors (Lipinski definition) is 5. The van der Waals surface area contributed by atoms with Gasteiger partial charge in [0, 0.05) is 18.3 Å². The largest absolute Gasteiger partial charge is 0.481 e. The molecule has 1 rings (SSSR count). The lowest BCUT2D eigenvalue weighted by atomic mass is 9.81. The van der Waals surface area contributed by atoms with Gasteiger partial charge < -0.3 is 15.2 Å². The first-order valence-corrected chi connectivity index (χ1v) is 5.27. The van der Waals surface area contributed by atoms with Crippen molar-refractivity contribution in [1.29, 1.82) is 0 Å². The van der Waals surface area contributed by atoms with Crippen molar-refractivity contribution in [3.05, 3.63) is 23.9 Å². The van der Waals surface area contributed by atoms with Crippen LogP contribution >= 0.6 is 0 Å². The molecule has 1 atom stereocenters. The van der Waals surface area contributed by atoms with Crippen LogP contribution in [0.15, 0.2) is 18.3 Å². The molecule has 0 radical (unpaired) electrons. The molecule has 1 aromatic heterocycles. The number of ether oxygens (including phenoxy) is 2. The highest BCUT2D eigenvalue weighted by molar-refractivity contribution is 5.77. The molecule has 94 valence electrons. The third-order valence-electron chi connectivity index (χ3n) is 2.82. The fraction of sp³-hybridized carbons (Fsp3) is 0.500. The van der Waals surface area contributed by atoms with Crippen molar-refractivity contribution in [1.82, 2.24) is 4.98 Å². The van der Waals surface area contributed by atoms with Crippen molar-refractivity contribution in [3.8, 4) is 5.88 Å². The van der Waals surface area contributed by atoms with Crippen molar-refractivity contribution in [2.24, 2.45) is 11.1 Å². The second-order valence-electron chi connectivity index (χ2n) is 4.32. The van der Waals surface area contributed by atoms with Gasteiger partial charge in [-0.05, 0) is 19.4 Å². The van der Waals surface area contributed by atoms with E-state index in [1.165, 1.54) is 7.11 Å². The molecular weight excluding hydrogens is 220 g/mol. The lowest BCUT2D eigenvalue weighted by Gasteiger charge is -2.28. The minimum atomic E-state index is -0.801. The average Bonchev–Trinajstić information content (AvgIpc) is 2.36. The Hall–Kier alpha value is -1.62. The zero-order valence-electron chi connectivity index (χ0n) is 10.6. The summed E-state index contributed by atoms with van der Waals surface area (Å²) in [6.07, 6.45) is 1.61. The highest BCUT2D eigenvalue weighted by Gasteiger charge is 2.36. The lowest BCUT2D eigenvalue weighted by Crippen LogP contribution is -2.37. The summed E-state index contributed by atoms with van der Waals surface area (Å²) in [5, 5.41) is 0. The van der Waals surface area contributed by atoms with E-state index in [-0.39, 0.29) is 5.97 Å². The molecule has 0 bridgehead atoms. The van der Waals surface area contributed by atoms with E-state index in [0.29, 0.717) is 5.88 Å². The van der Waals surface area contributed by atoms with Crippen LogP contribution in [0.3, 0.4) is 0 Å². The van der Waals surface area contributed by atoms with Gasteiger partial charge >= 0.3 is 5.97 Å². The van der Waals surface area contributed by atoms with E-state index in [4.69, 9.17) is 15.2 Å². The molecule has 0 amide bonds. The number of nitrogens with zero attached hydrogens (tertiary/aromatic N) is 1. The van der Waals surface area contributed by atoms with E-state index < -0.39 is 11.5 Å². The molecule has 1 aromatic rings. The topological polar surface area (TPSA) is 74.4 Å². The molecule has 0 fully saturated rings. The maximum atomic E-state index is 11.6. The summed E-state index contributed by atoms with van der Waals surface area (Å²) in [6, 6.07) is 3.03. The predicted molar refractivity (Wildman–Crippen MR) is 63.5 cm³/mol. The normalized spacial score (nSPS) is 13.0. The quantitative estimate of drug-likeness (QED) is 0.800. The van der Waals surface area contributed by atoms with Gasteiger partial charge in [0.05, 0.1) is 19.6 Å². The van der Waals surface area contributed by atoms with Crippen LogP contribution < -0.4 is 10.5 Å². The third-order valence-corrected chi connectivity index (χ3v) is 2.82. The minimum absolute atomic E-state index is 0.346. The smallest absolute Gasteiger partial charge is 0.313 e.